The van der Waals surface area contributed by atoms with Gasteiger partial charge in [-0.2, -0.15) is 0 Å². The summed E-state index contributed by atoms with van der Waals surface area (Å²) in [7, 11) is 0. The maximum atomic E-state index is 17.3. The maximum absolute atomic E-state index is 17.3. The first kappa shape index (κ1) is 62.9. The van der Waals surface area contributed by atoms with Crippen molar-refractivity contribution < 1.29 is 28.3 Å². The third-order valence-corrected chi connectivity index (χ3v) is 21.7. The van der Waals surface area contributed by atoms with Gasteiger partial charge < -0.3 is 5.11 Å². The minimum Gasteiger partial charge on any atom is -0.383 e. The van der Waals surface area contributed by atoms with E-state index in [0.29, 0.717) is 82.2 Å². The van der Waals surface area contributed by atoms with Crippen molar-refractivity contribution >= 4 is 173 Å². The third-order valence-electron chi connectivity index (χ3n) is 21.3. The van der Waals surface area contributed by atoms with Crippen molar-refractivity contribution in [3.8, 4) is 11.1 Å². The van der Waals surface area contributed by atoms with E-state index >= 15 is 18.4 Å². The molecule has 0 bridgehead atoms. The number of rotatable bonds is 7. The number of aliphatic hydroxyl groups is 1. The van der Waals surface area contributed by atoms with Crippen LogP contribution < -0.4 is 19.6 Å². The Morgan fingerprint density at radius 3 is 1.36 bits per heavy atom. The second-order valence-electron chi connectivity index (χ2n) is 27.5. The number of para-hydroxylation sites is 2. The number of fused-ring (bicyclic) bond motifs is 11. The molecule has 1 unspecified atom stereocenters. The fourth-order valence-corrected chi connectivity index (χ4v) is 17.5. The Morgan fingerprint density at radius 1 is 0.377 bits per heavy atom. The number of carbonyl (C=O) groups excluding carboxylic acids is 3. The summed E-state index contributed by atoms with van der Waals surface area (Å²) in [5.41, 5.74) is 10.5. The molecule has 0 radical (unpaired) electrons. The van der Waals surface area contributed by atoms with E-state index < -0.39 is 29.3 Å². The summed E-state index contributed by atoms with van der Waals surface area (Å²) in [6.07, 6.45) is 5.43. The molecule has 2 aliphatic carbocycles. The molecule has 506 valence electrons. The molecule has 0 fully saturated rings. The molecule has 4 aliphatic rings. The number of allylic oxidation sites excluding steroid dienone is 5. The van der Waals surface area contributed by atoms with Gasteiger partial charge in [-0.25, -0.2) is 28.7 Å². The highest BCUT2D eigenvalue weighted by Gasteiger charge is 2.44. The lowest BCUT2D eigenvalue weighted by Crippen LogP contribution is -2.24. The van der Waals surface area contributed by atoms with Crippen LogP contribution in [0.2, 0.25) is 10.0 Å². The standard InChI is InChI=1S/C90H54Cl2F2N8O4/c1-45-37-55(91)38-46(2)79(45)99-73(35-30-62-83(103)65-41-51-17-5-6-18-52(51)42-66(65)84(62)104)100(80-47(3)39-56(92)40-48(80)4)90-87(99)97-71-34-29-53(44-72(71)98-90)64-43-54-19-13-23-60-75(54)76-59(64)22-14-24-61(76)78-77(60)85(105)63(86(78)106)31-36-74-101(81-57-20-9-7-15-49(57)27-32-67(81)93)88-89(96-70-26-12-11-25-69(70)95-88)102(74)82-58-21-10-8-16-50(58)28-33-68(82)94/h5-44,83,103H,1-4H3/b62-30+,63-31-,73-35-. The molecule has 20 rings (SSSR count). The Morgan fingerprint density at radius 2 is 0.802 bits per heavy atom. The van der Waals surface area contributed by atoms with Crippen LogP contribution in [-0.2, 0) is 0 Å². The normalized spacial score (nSPS) is 16.1. The fourth-order valence-electron chi connectivity index (χ4n) is 16.8. The van der Waals surface area contributed by atoms with Crippen molar-refractivity contribution in [3.63, 3.8) is 0 Å². The fraction of sp³-hybridized carbons (Fsp3) is 0.0556. The Bertz CT molecular complexity index is 6730. The minimum absolute atomic E-state index is 0.110. The lowest BCUT2D eigenvalue weighted by molar-refractivity contribution is 0.0985. The number of anilines is 8. The number of nitrogens with zero attached hydrogens (tertiary/aromatic N) is 8. The first-order valence-corrected chi connectivity index (χ1v) is 35.4. The lowest BCUT2D eigenvalue weighted by Gasteiger charge is -2.29. The van der Waals surface area contributed by atoms with Crippen LogP contribution in [-0.4, -0.2) is 42.4 Å². The molecule has 1 N–H and O–H groups in total. The van der Waals surface area contributed by atoms with Crippen molar-refractivity contribution in [3.05, 3.63) is 332 Å². The first-order chi connectivity index (χ1) is 51.5. The van der Waals surface area contributed by atoms with E-state index in [1.165, 1.54) is 18.2 Å². The molecule has 2 aliphatic heterocycles. The number of aryl methyl sites for hydroxylation is 4. The van der Waals surface area contributed by atoms with Crippen LogP contribution >= 0.6 is 23.2 Å². The summed E-state index contributed by atoms with van der Waals surface area (Å²) < 4.78 is 34.5. The highest BCUT2D eigenvalue weighted by molar-refractivity contribution is 6.48. The van der Waals surface area contributed by atoms with Gasteiger partial charge in [0.1, 0.15) is 29.4 Å². The van der Waals surface area contributed by atoms with Gasteiger partial charge in [-0.3, -0.25) is 34.0 Å². The smallest absolute Gasteiger partial charge is 0.198 e. The van der Waals surface area contributed by atoms with Gasteiger partial charge in [0, 0.05) is 43.1 Å². The second kappa shape index (κ2) is 23.3. The van der Waals surface area contributed by atoms with Crippen LogP contribution in [0.1, 0.15) is 65.0 Å². The molecule has 1 atom stereocenters. The highest BCUT2D eigenvalue weighted by atomic mass is 35.5. The van der Waals surface area contributed by atoms with Gasteiger partial charge in [0.05, 0.1) is 50.4 Å². The second-order valence-corrected chi connectivity index (χ2v) is 28.4. The molecule has 0 saturated carbocycles. The summed E-state index contributed by atoms with van der Waals surface area (Å²) in [5.74, 6) is -0.361. The van der Waals surface area contributed by atoms with Gasteiger partial charge >= 0.3 is 0 Å². The Kier molecular flexibility index (Phi) is 13.8. The molecule has 4 heterocycles. The van der Waals surface area contributed by atoms with Crippen molar-refractivity contribution in [2.45, 2.75) is 33.8 Å². The highest BCUT2D eigenvalue weighted by Crippen LogP contribution is 2.56. The van der Waals surface area contributed by atoms with Crippen LogP contribution in [0.4, 0.5) is 54.8 Å². The van der Waals surface area contributed by atoms with Crippen LogP contribution in [0.15, 0.2) is 265 Å². The number of benzene rings is 14. The molecule has 106 heavy (non-hydrogen) atoms. The number of aromatic nitrogens is 4. The Balaban J connectivity index is 0.755. The molecule has 16 heteroatoms. The van der Waals surface area contributed by atoms with E-state index in [1.54, 1.807) is 34.1 Å². The summed E-state index contributed by atoms with van der Waals surface area (Å²) in [4.78, 5) is 74.9. The summed E-state index contributed by atoms with van der Waals surface area (Å²) in [6, 6.07) is 67.1. The molecular weight excluding hydrogens is 1370 g/mol. The van der Waals surface area contributed by atoms with E-state index in [0.717, 1.165) is 87.8 Å². The van der Waals surface area contributed by atoms with Crippen molar-refractivity contribution in [2.24, 2.45) is 0 Å². The lowest BCUT2D eigenvalue weighted by atomic mass is 9.85. The molecule has 12 nitrogen and oxygen atoms in total. The van der Waals surface area contributed by atoms with Crippen molar-refractivity contribution in [1.29, 1.82) is 0 Å². The number of Topliss-reactive ketones (excluding diaryl/α,β-unsaturated/α-hetero) is 3. The summed E-state index contributed by atoms with van der Waals surface area (Å²) >= 11 is 13.6. The van der Waals surface area contributed by atoms with Crippen LogP contribution in [0.5, 0.6) is 0 Å². The largest absolute Gasteiger partial charge is 0.383 e. The van der Waals surface area contributed by atoms with Crippen molar-refractivity contribution in [2.75, 3.05) is 19.6 Å². The van der Waals surface area contributed by atoms with Crippen LogP contribution in [0.25, 0.3) is 97.8 Å². The molecule has 0 spiro atoms. The average Bonchev–Trinajstić information content (AvgIpc) is 1.40. The van der Waals surface area contributed by atoms with Gasteiger partial charge in [-0.05, 0) is 224 Å². The van der Waals surface area contributed by atoms with Crippen LogP contribution in [0, 0.1) is 39.3 Å². The van der Waals surface area contributed by atoms with Gasteiger partial charge in [-0.15, -0.1) is 0 Å². The zero-order chi connectivity index (χ0) is 72.0. The Labute approximate surface area is 613 Å². The SMILES string of the molecule is Cc1cc(Cl)cc(C)c1N1/C(=C/C=C2/C(=O)c3cc4ccccc4cc3C2O)N(c2c(C)cc(Cl)cc2C)c2nc3cc(-c4cc5cccc6c7c(c8cccc4c8c56)C(=O)/C(=C\C=C4N(c5c(F)ccc6ccccc56)c5nc6ccccc6nc5N4c4c(F)ccc5ccccc45)C7=O)ccc3nc21. The predicted molar refractivity (Wildman–Crippen MR) is 421 cm³/mol. The van der Waals surface area contributed by atoms with E-state index in [9.17, 15) is 9.90 Å². The van der Waals surface area contributed by atoms with E-state index in [1.807, 2.05) is 232 Å². The monoisotopic (exact) mass is 1420 g/mol. The summed E-state index contributed by atoms with van der Waals surface area (Å²) in [5, 5.41) is 21.9. The molecule has 2 aromatic heterocycles. The zero-order valence-electron chi connectivity index (χ0n) is 56.9. The molecule has 0 amide bonds. The van der Waals surface area contributed by atoms with Gasteiger partial charge in [0.2, 0.25) is 0 Å². The number of hydrogen-bond donors (Lipinski definition) is 1. The number of ketones is 3. The predicted octanol–water partition coefficient (Wildman–Crippen LogP) is 22.5. The van der Waals surface area contributed by atoms with E-state index in [2.05, 4.69) is 6.07 Å². The summed E-state index contributed by atoms with van der Waals surface area (Å²) in [6.45, 7) is 7.97. The first-order valence-electron chi connectivity index (χ1n) is 34.6. The quantitative estimate of drug-likeness (QED) is 0.0924. The van der Waals surface area contributed by atoms with Gasteiger partial charge in [-0.1, -0.05) is 163 Å². The molecule has 0 saturated heterocycles. The van der Waals surface area contributed by atoms with Crippen LogP contribution in [0.3, 0.4) is 0 Å². The topological polar surface area (TPSA) is 136 Å². The maximum Gasteiger partial charge on any atom is 0.198 e. The number of hydrogen-bond acceptors (Lipinski definition) is 12. The minimum atomic E-state index is -1.20. The molecule has 16 aromatic rings. The van der Waals surface area contributed by atoms with Crippen molar-refractivity contribution in [1.82, 2.24) is 19.9 Å². The van der Waals surface area contributed by atoms with Gasteiger partial charge in [0.25, 0.3) is 0 Å². The third kappa shape index (κ3) is 9.17. The number of halogens is 4. The zero-order valence-corrected chi connectivity index (χ0v) is 58.4. The molecular formula is C90H54Cl2F2N8O4. The number of aliphatic hydroxyl groups excluding tert-OH is 1. The van der Waals surface area contributed by atoms with E-state index in [-0.39, 0.29) is 56.9 Å². The average molecular weight is 1420 g/mol. The Hall–Kier alpha value is -12.9. The molecule has 14 aromatic carbocycles. The van der Waals surface area contributed by atoms with E-state index in [4.69, 9.17) is 43.1 Å². The van der Waals surface area contributed by atoms with Gasteiger partial charge in [0.15, 0.2) is 40.6 Å². The number of carbonyl (C=O) groups is 3.